The van der Waals surface area contributed by atoms with Gasteiger partial charge in [-0.05, 0) is 67.7 Å². The summed E-state index contributed by atoms with van der Waals surface area (Å²) in [7, 11) is 0. The highest BCUT2D eigenvalue weighted by Gasteiger charge is 2.40. The summed E-state index contributed by atoms with van der Waals surface area (Å²) in [4.78, 5) is 26.8. The van der Waals surface area contributed by atoms with Gasteiger partial charge < -0.3 is 20.3 Å². The maximum atomic E-state index is 13.0. The number of nitrogens with zero attached hydrogens (tertiary/aromatic N) is 1. The molecule has 0 unspecified atom stereocenters. The first-order valence-corrected chi connectivity index (χ1v) is 10.3. The van der Waals surface area contributed by atoms with Gasteiger partial charge in [-0.15, -0.1) is 0 Å². The Labute approximate surface area is 165 Å². The molecule has 6 nitrogen and oxygen atoms in total. The van der Waals surface area contributed by atoms with Crippen molar-refractivity contribution in [3.8, 4) is 0 Å². The zero-order valence-electron chi connectivity index (χ0n) is 18.7. The lowest BCUT2D eigenvalue weighted by Crippen LogP contribution is -2.63. The maximum Gasteiger partial charge on any atom is 0.407 e. The van der Waals surface area contributed by atoms with Crippen molar-refractivity contribution in [2.75, 3.05) is 13.1 Å². The lowest BCUT2D eigenvalue weighted by atomic mass is 9.79. The number of unbranched alkanes of at least 4 members (excludes halogenated alkanes) is 1. The molecule has 1 aliphatic rings. The van der Waals surface area contributed by atoms with E-state index in [0.717, 1.165) is 32.2 Å². The number of ether oxygens (including phenoxy) is 1. The first kappa shape index (κ1) is 23.7. The van der Waals surface area contributed by atoms with Gasteiger partial charge in [0, 0.05) is 36.6 Å². The van der Waals surface area contributed by atoms with Crippen molar-refractivity contribution in [3.63, 3.8) is 0 Å². The molecule has 1 saturated heterocycles. The molecule has 0 saturated carbocycles. The fourth-order valence-corrected chi connectivity index (χ4v) is 4.06. The molecule has 0 bridgehead atoms. The first-order valence-electron chi connectivity index (χ1n) is 10.3. The topological polar surface area (TPSA) is 70.7 Å². The van der Waals surface area contributed by atoms with Crippen LogP contribution in [0.3, 0.4) is 0 Å². The maximum absolute atomic E-state index is 13.0. The van der Waals surface area contributed by atoms with Gasteiger partial charge in [-0.2, -0.15) is 0 Å². The van der Waals surface area contributed by atoms with Crippen molar-refractivity contribution in [1.82, 2.24) is 15.5 Å². The standard InChI is InChI=1S/C21H41N3O3/c1-9-10-13-24(16-14-20(5,6)23-21(7,8)15-16)17(25)11-12-22-18(26)27-19(2,3)4/h16,23H,9-15H2,1-8H3,(H,22,26). The van der Waals surface area contributed by atoms with E-state index in [9.17, 15) is 9.59 Å². The molecule has 0 atom stereocenters. The highest BCUT2D eigenvalue weighted by molar-refractivity contribution is 5.77. The van der Waals surface area contributed by atoms with E-state index in [1.165, 1.54) is 0 Å². The summed E-state index contributed by atoms with van der Waals surface area (Å²) < 4.78 is 5.23. The SMILES string of the molecule is CCCCN(C(=O)CCNC(=O)OC(C)(C)C)C1CC(C)(C)NC(C)(C)C1. The van der Waals surface area contributed by atoms with Gasteiger partial charge in [0.15, 0.2) is 0 Å². The monoisotopic (exact) mass is 383 g/mol. The van der Waals surface area contributed by atoms with E-state index in [4.69, 9.17) is 4.74 Å². The fraction of sp³-hybridized carbons (Fsp3) is 0.905. The van der Waals surface area contributed by atoms with E-state index >= 15 is 0 Å². The second-order valence-corrected chi connectivity index (χ2v) is 10.1. The van der Waals surface area contributed by atoms with Gasteiger partial charge in [0.25, 0.3) is 0 Å². The number of amides is 2. The number of carbonyl (C=O) groups is 2. The summed E-state index contributed by atoms with van der Waals surface area (Å²) in [6.45, 7) is 17.5. The molecule has 27 heavy (non-hydrogen) atoms. The summed E-state index contributed by atoms with van der Waals surface area (Å²) in [5.74, 6) is 0.109. The van der Waals surface area contributed by atoms with Gasteiger partial charge in [-0.3, -0.25) is 4.79 Å². The van der Waals surface area contributed by atoms with E-state index in [1.807, 2.05) is 25.7 Å². The summed E-state index contributed by atoms with van der Waals surface area (Å²) in [6.07, 6.45) is 3.75. The Morgan fingerprint density at radius 1 is 1.15 bits per heavy atom. The molecular weight excluding hydrogens is 342 g/mol. The molecule has 2 amide bonds. The molecule has 0 aromatic heterocycles. The van der Waals surface area contributed by atoms with E-state index in [1.54, 1.807) is 0 Å². The summed E-state index contributed by atoms with van der Waals surface area (Å²) in [6, 6.07) is 0.219. The minimum atomic E-state index is -0.534. The molecule has 0 aromatic carbocycles. The summed E-state index contributed by atoms with van der Waals surface area (Å²) in [5.41, 5.74) is -0.550. The van der Waals surface area contributed by atoms with Crippen LogP contribution in [0.5, 0.6) is 0 Å². The third kappa shape index (κ3) is 8.96. The van der Waals surface area contributed by atoms with Crippen molar-refractivity contribution in [1.29, 1.82) is 0 Å². The smallest absolute Gasteiger partial charge is 0.407 e. The average Bonchev–Trinajstić information content (AvgIpc) is 2.42. The van der Waals surface area contributed by atoms with Crippen molar-refractivity contribution in [2.24, 2.45) is 0 Å². The van der Waals surface area contributed by atoms with Crippen molar-refractivity contribution in [3.05, 3.63) is 0 Å². The minimum absolute atomic E-state index is 0.00801. The number of hydrogen-bond donors (Lipinski definition) is 2. The van der Waals surface area contributed by atoms with Crippen molar-refractivity contribution < 1.29 is 14.3 Å². The van der Waals surface area contributed by atoms with Crippen LogP contribution in [-0.4, -0.2) is 52.7 Å². The van der Waals surface area contributed by atoms with Gasteiger partial charge in [0.2, 0.25) is 5.91 Å². The Bertz CT molecular complexity index is 493. The number of nitrogens with one attached hydrogen (secondary N) is 2. The molecule has 158 valence electrons. The Kier molecular flexibility index (Phi) is 8.14. The molecule has 0 spiro atoms. The van der Waals surface area contributed by atoms with Crippen LogP contribution in [0.2, 0.25) is 0 Å². The molecule has 0 aliphatic carbocycles. The largest absolute Gasteiger partial charge is 0.444 e. The van der Waals surface area contributed by atoms with Crippen LogP contribution in [0.25, 0.3) is 0 Å². The summed E-state index contributed by atoms with van der Waals surface area (Å²) in [5, 5.41) is 6.38. The minimum Gasteiger partial charge on any atom is -0.444 e. The van der Waals surface area contributed by atoms with E-state index in [2.05, 4.69) is 45.3 Å². The lowest BCUT2D eigenvalue weighted by molar-refractivity contribution is -0.135. The van der Waals surface area contributed by atoms with Gasteiger partial charge in [0.05, 0.1) is 0 Å². The second-order valence-electron chi connectivity index (χ2n) is 10.1. The van der Waals surface area contributed by atoms with Gasteiger partial charge in [0.1, 0.15) is 5.60 Å². The molecule has 1 heterocycles. The molecule has 0 aromatic rings. The molecular formula is C21H41N3O3. The molecule has 6 heteroatoms. The van der Waals surface area contributed by atoms with Crippen LogP contribution < -0.4 is 10.6 Å². The highest BCUT2D eigenvalue weighted by Crippen LogP contribution is 2.32. The highest BCUT2D eigenvalue weighted by atomic mass is 16.6. The average molecular weight is 384 g/mol. The Hall–Kier alpha value is -1.30. The molecule has 1 aliphatic heterocycles. The van der Waals surface area contributed by atoms with Crippen LogP contribution in [0.1, 0.15) is 87.5 Å². The van der Waals surface area contributed by atoms with Gasteiger partial charge in [-0.1, -0.05) is 13.3 Å². The Morgan fingerprint density at radius 2 is 1.70 bits per heavy atom. The molecule has 1 fully saturated rings. The number of rotatable bonds is 7. The van der Waals surface area contributed by atoms with Crippen LogP contribution in [-0.2, 0) is 9.53 Å². The van der Waals surface area contributed by atoms with Crippen LogP contribution in [0, 0.1) is 0 Å². The van der Waals surface area contributed by atoms with Gasteiger partial charge in [-0.25, -0.2) is 4.79 Å². The van der Waals surface area contributed by atoms with Crippen LogP contribution in [0.15, 0.2) is 0 Å². The Balaban J connectivity index is 2.70. The Morgan fingerprint density at radius 3 is 2.19 bits per heavy atom. The van der Waals surface area contributed by atoms with E-state index in [-0.39, 0.29) is 23.0 Å². The van der Waals surface area contributed by atoms with Crippen molar-refractivity contribution in [2.45, 2.75) is 110 Å². The van der Waals surface area contributed by atoms with Crippen LogP contribution >= 0.6 is 0 Å². The predicted octanol–water partition coefficient (Wildman–Crippen LogP) is 3.84. The fourth-order valence-electron chi connectivity index (χ4n) is 4.06. The third-order valence-corrected chi connectivity index (χ3v) is 4.69. The number of piperidine rings is 1. The molecule has 0 radical (unpaired) electrons. The molecule has 2 N–H and O–H groups in total. The number of hydrogen-bond acceptors (Lipinski definition) is 4. The predicted molar refractivity (Wildman–Crippen MR) is 110 cm³/mol. The van der Waals surface area contributed by atoms with Crippen molar-refractivity contribution >= 4 is 12.0 Å². The lowest BCUT2D eigenvalue weighted by Gasteiger charge is -2.49. The number of carbonyl (C=O) groups excluding carboxylic acids is 2. The normalized spacial score (nSPS) is 19.4. The quantitative estimate of drug-likeness (QED) is 0.701. The summed E-state index contributed by atoms with van der Waals surface area (Å²) >= 11 is 0. The zero-order valence-corrected chi connectivity index (χ0v) is 18.7. The van der Waals surface area contributed by atoms with Gasteiger partial charge >= 0.3 is 6.09 Å². The van der Waals surface area contributed by atoms with E-state index < -0.39 is 11.7 Å². The second kappa shape index (κ2) is 9.26. The zero-order chi connectivity index (χ0) is 20.9. The third-order valence-electron chi connectivity index (χ3n) is 4.69. The number of alkyl carbamates (subject to hydrolysis) is 1. The molecule has 1 rings (SSSR count). The first-order chi connectivity index (χ1) is 12.2. The van der Waals surface area contributed by atoms with E-state index in [0.29, 0.717) is 13.0 Å². The van der Waals surface area contributed by atoms with Crippen LogP contribution in [0.4, 0.5) is 4.79 Å².